The van der Waals surface area contributed by atoms with Crippen molar-refractivity contribution in [3.8, 4) is 0 Å². The number of H-pyrrole nitrogens is 1. The SMILES string of the molecule is CC1(NC(=O)OC2CCC(c3cc(Nc4nc(C(F)(F)F)cc5nccn45)n[nH]3)C2F)CC1. The van der Waals surface area contributed by atoms with Crippen LogP contribution in [0.1, 0.15) is 49.9 Å². The average Bonchev–Trinajstić information content (AvgIpc) is 3.13. The molecule has 176 valence electrons. The van der Waals surface area contributed by atoms with E-state index in [9.17, 15) is 18.0 Å². The molecule has 0 aromatic carbocycles. The summed E-state index contributed by atoms with van der Waals surface area (Å²) in [6.45, 7) is 1.90. The first-order chi connectivity index (χ1) is 15.6. The first-order valence-electron chi connectivity index (χ1n) is 10.5. The lowest BCUT2D eigenvalue weighted by Gasteiger charge is -2.19. The highest BCUT2D eigenvalue weighted by molar-refractivity contribution is 5.69. The average molecular weight is 467 g/mol. The number of imidazole rings is 1. The van der Waals surface area contributed by atoms with Gasteiger partial charge in [-0.2, -0.15) is 18.3 Å². The van der Waals surface area contributed by atoms with Crippen LogP contribution in [0.5, 0.6) is 0 Å². The number of alkyl carbamates (subject to hydrolysis) is 1. The van der Waals surface area contributed by atoms with E-state index in [1.807, 2.05) is 6.92 Å². The van der Waals surface area contributed by atoms with Crippen molar-refractivity contribution in [2.24, 2.45) is 0 Å². The number of aromatic nitrogens is 5. The molecule has 3 aromatic heterocycles. The highest BCUT2D eigenvalue weighted by Crippen LogP contribution is 2.39. The molecule has 3 aromatic rings. The Morgan fingerprint density at radius 3 is 2.82 bits per heavy atom. The molecule has 3 atom stereocenters. The topological polar surface area (TPSA) is 109 Å². The molecule has 13 heteroatoms. The van der Waals surface area contributed by atoms with Gasteiger partial charge >= 0.3 is 12.3 Å². The van der Waals surface area contributed by atoms with E-state index in [1.54, 1.807) is 0 Å². The second-order valence-electron chi connectivity index (χ2n) is 8.71. The molecular weight excluding hydrogens is 446 g/mol. The smallest absolute Gasteiger partial charge is 0.433 e. The lowest BCUT2D eigenvalue weighted by atomic mass is 10.0. The molecule has 0 saturated heterocycles. The largest absolute Gasteiger partial charge is 0.443 e. The summed E-state index contributed by atoms with van der Waals surface area (Å²) >= 11 is 0. The normalized spacial score (nSPS) is 24.1. The number of amides is 1. The molecule has 0 spiro atoms. The maximum Gasteiger partial charge on any atom is 0.433 e. The van der Waals surface area contributed by atoms with Crippen LogP contribution < -0.4 is 10.6 Å². The number of alkyl halides is 4. The molecule has 0 radical (unpaired) electrons. The van der Waals surface area contributed by atoms with Gasteiger partial charge in [0, 0.05) is 41.7 Å². The van der Waals surface area contributed by atoms with Crippen LogP contribution in [0.3, 0.4) is 0 Å². The molecule has 2 aliphatic carbocycles. The first kappa shape index (κ1) is 21.5. The van der Waals surface area contributed by atoms with Crippen molar-refractivity contribution in [3.05, 3.63) is 35.9 Å². The summed E-state index contributed by atoms with van der Waals surface area (Å²) in [6, 6.07) is 2.35. The summed E-state index contributed by atoms with van der Waals surface area (Å²) in [7, 11) is 0. The van der Waals surface area contributed by atoms with E-state index < -0.39 is 36.2 Å². The number of aromatic amines is 1. The van der Waals surface area contributed by atoms with Gasteiger partial charge in [-0.05, 0) is 32.6 Å². The number of halogens is 4. The maximum atomic E-state index is 15.0. The molecule has 9 nitrogen and oxygen atoms in total. The molecule has 0 aliphatic heterocycles. The standard InChI is InChI=1S/C20H21F4N7O2/c1-19(4-5-19)28-18(32)33-12-3-2-10(16(12)21)11-8-14(30-29-11)27-17-26-13(20(22,23)24)9-15-25-6-7-31(15)17/h6-10,12,16H,2-5H2,1H3,(H,28,32)(H2,26,27,29,30). The fourth-order valence-electron chi connectivity index (χ4n) is 3.96. The quantitative estimate of drug-likeness (QED) is 0.488. The summed E-state index contributed by atoms with van der Waals surface area (Å²) in [5.74, 6) is -0.557. The summed E-state index contributed by atoms with van der Waals surface area (Å²) in [6.07, 6.45) is -2.29. The van der Waals surface area contributed by atoms with Gasteiger partial charge in [0.2, 0.25) is 5.95 Å². The van der Waals surface area contributed by atoms with Gasteiger partial charge in [0.1, 0.15) is 17.9 Å². The van der Waals surface area contributed by atoms with Crippen LogP contribution in [0.4, 0.5) is 34.1 Å². The second-order valence-corrected chi connectivity index (χ2v) is 8.71. The van der Waals surface area contributed by atoms with Crippen molar-refractivity contribution in [1.82, 2.24) is 29.9 Å². The fourth-order valence-corrected chi connectivity index (χ4v) is 3.96. The lowest BCUT2D eigenvalue weighted by molar-refractivity contribution is -0.141. The van der Waals surface area contributed by atoms with Crippen molar-refractivity contribution in [2.45, 2.75) is 62.5 Å². The first-order valence-corrected chi connectivity index (χ1v) is 10.5. The highest BCUT2D eigenvalue weighted by atomic mass is 19.4. The number of nitrogens with one attached hydrogen (secondary N) is 3. The van der Waals surface area contributed by atoms with Crippen molar-refractivity contribution in [2.75, 3.05) is 5.32 Å². The highest BCUT2D eigenvalue weighted by Gasteiger charge is 2.43. The van der Waals surface area contributed by atoms with Gasteiger partial charge in [-0.1, -0.05) is 0 Å². The number of rotatable bonds is 5. The number of carbonyl (C=O) groups is 1. The summed E-state index contributed by atoms with van der Waals surface area (Å²) in [5.41, 5.74) is -0.853. The van der Waals surface area contributed by atoms with Crippen LogP contribution in [-0.2, 0) is 10.9 Å². The summed E-state index contributed by atoms with van der Waals surface area (Å²) in [5, 5.41) is 12.2. The Hall–Kier alpha value is -3.38. The van der Waals surface area contributed by atoms with Gasteiger partial charge in [0.05, 0.1) is 0 Å². The van der Waals surface area contributed by atoms with Crippen LogP contribution in [0.25, 0.3) is 5.65 Å². The minimum Gasteiger partial charge on any atom is -0.443 e. The number of carbonyl (C=O) groups excluding carboxylic acids is 1. The predicted octanol–water partition coefficient (Wildman–Crippen LogP) is 4.08. The van der Waals surface area contributed by atoms with E-state index in [4.69, 9.17) is 4.74 Å². The maximum absolute atomic E-state index is 15.0. The molecule has 33 heavy (non-hydrogen) atoms. The molecule has 5 rings (SSSR count). The summed E-state index contributed by atoms with van der Waals surface area (Å²) < 4.78 is 61.2. The van der Waals surface area contributed by atoms with Crippen LogP contribution in [0, 0.1) is 0 Å². The van der Waals surface area contributed by atoms with Crippen LogP contribution in [-0.4, -0.2) is 48.5 Å². The van der Waals surface area contributed by atoms with Gasteiger partial charge in [-0.25, -0.2) is 19.2 Å². The minimum atomic E-state index is -4.65. The van der Waals surface area contributed by atoms with Crippen molar-refractivity contribution < 1.29 is 27.1 Å². The Morgan fingerprint density at radius 2 is 2.09 bits per heavy atom. The third kappa shape index (κ3) is 4.31. The van der Waals surface area contributed by atoms with E-state index in [0.29, 0.717) is 18.5 Å². The second kappa shape index (κ2) is 7.59. The number of ether oxygens (including phenoxy) is 1. The fraction of sp³-hybridized carbons (Fsp3) is 0.500. The molecule has 0 bridgehead atoms. The van der Waals surface area contributed by atoms with E-state index in [0.717, 1.165) is 18.9 Å². The zero-order valence-corrected chi connectivity index (χ0v) is 17.5. The lowest BCUT2D eigenvalue weighted by Crippen LogP contribution is -2.38. The van der Waals surface area contributed by atoms with Crippen LogP contribution in [0.2, 0.25) is 0 Å². The van der Waals surface area contributed by atoms with Gasteiger partial charge in [-0.15, -0.1) is 0 Å². The Labute approximate surface area is 184 Å². The van der Waals surface area contributed by atoms with Crippen LogP contribution in [0.15, 0.2) is 24.5 Å². The van der Waals surface area contributed by atoms with Gasteiger partial charge in [-0.3, -0.25) is 9.50 Å². The molecule has 2 aliphatic rings. The Balaban J connectivity index is 1.29. The third-order valence-corrected chi connectivity index (χ3v) is 6.08. The number of fused-ring (bicyclic) bond motifs is 1. The van der Waals surface area contributed by atoms with Crippen LogP contribution >= 0.6 is 0 Å². The van der Waals surface area contributed by atoms with E-state index >= 15 is 4.39 Å². The Bertz CT molecular complexity index is 1190. The Morgan fingerprint density at radius 1 is 1.30 bits per heavy atom. The van der Waals surface area contributed by atoms with E-state index in [-0.39, 0.29) is 23.0 Å². The van der Waals surface area contributed by atoms with Crippen molar-refractivity contribution in [3.63, 3.8) is 0 Å². The molecule has 3 N–H and O–H groups in total. The molecule has 2 fully saturated rings. The van der Waals surface area contributed by atoms with E-state index in [1.165, 1.54) is 22.9 Å². The molecule has 2 saturated carbocycles. The minimum absolute atomic E-state index is 0.0634. The van der Waals surface area contributed by atoms with Crippen molar-refractivity contribution >= 4 is 23.5 Å². The van der Waals surface area contributed by atoms with Crippen molar-refractivity contribution in [1.29, 1.82) is 0 Å². The number of hydrogen-bond donors (Lipinski definition) is 3. The zero-order chi connectivity index (χ0) is 23.4. The van der Waals surface area contributed by atoms with E-state index in [2.05, 4.69) is 30.8 Å². The van der Waals surface area contributed by atoms with Gasteiger partial charge in [0.25, 0.3) is 0 Å². The molecule has 3 heterocycles. The third-order valence-electron chi connectivity index (χ3n) is 6.08. The molecule has 1 amide bonds. The number of nitrogens with zero attached hydrogens (tertiary/aromatic N) is 4. The molecule has 3 unspecified atom stereocenters. The Kier molecular flexibility index (Phi) is 4.94. The number of anilines is 2. The predicted molar refractivity (Wildman–Crippen MR) is 108 cm³/mol. The summed E-state index contributed by atoms with van der Waals surface area (Å²) in [4.78, 5) is 19.5. The molecular formula is C20H21F4N7O2. The zero-order valence-electron chi connectivity index (χ0n) is 17.5. The van der Waals surface area contributed by atoms with Gasteiger partial charge in [0.15, 0.2) is 11.5 Å². The van der Waals surface area contributed by atoms with Gasteiger partial charge < -0.3 is 15.4 Å². The monoisotopic (exact) mass is 467 g/mol. The number of hydrogen-bond acceptors (Lipinski definition) is 6.